The Kier molecular flexibility index (Phi) is 8.20. The topological polar surface area (TPSA) is 82.2 Å². The van der Waals surface area contributed by atoms with Crippen LogP contribution in [-0.4, -0.2) is 80.0 Å². The number of hydrogen-bond acceptors (Lipinski definition) is 5. The summed E-state index contributed by atoms with van der Waals surface area (Å²) < 4.78 is 19.0. The monoisotopic (exact) mass is 496 g/mol. The molecule has 9 heteroatoms. The maximum absolute atomic E-state index is 13.6. The van der Waals surface area contributed by atoms with Crippen LogP contribution in [0.3, 0.4) is 0 Å². The van der Waals surface area contributed by atoms with Crippen LogP contribution in [0.2, 0.25) is 0 Å². The van der Waals surface area contributed by atoms with Crippen molar-refractivity contribution in [2.24, 2.45) is 5.92 Å². The van der Waals surface area contributed by atoms with Gasteiger partial charge >= 0.3 is 0 Å². The van der Waals surface area contributed by atoms with E-state index in [0.717, 1.165) is 5.69 Å². The third-order valence-electron chi connectivity index (χ3n) is 6.43. The Balaban J connectivity index is 1.55. The predicted molar refractivity (Wildman–Crippen MR) is 136 cm³/mol. The maximum atomic E-state index is 13.6. The summed E-state index contributed by atoms with van der Waals surface area (Å²) >= 11 is 0. The lowest BCUT2D eigenvalue weighted by atomic mass is 10.1. The van der Waals surface area contributed by atoms with E-state index < -0.39 is 11.7 Å². The predicted octanol–water partition coefficient (Wildman–Crippen LogP) is 3.25. The van der Waals surface area contributed by atoms with Gasteiger partial charge in [-0.25, -0.2) is 4.39 Å². The molecule has 2 aliphatic heterocycles. The van der Waals surface area contributed by atoms with Crippen LogP contribution in [0.15, 0.2) is 42.5 Å². The van der Waals surface area contributed by atoms with E-state index in [1.165, 1.54) is 24.3 Å². The van der Waals surface area contributed by atoms with Crippen LogP contribution in [0.5, 0.6) is 0 Å². The number of carbonyl (C=O) groups excluding carboxylic acids is 3. The summed E-state index contributed by atoms with van der Waals surface area (Å²) in [5, 5.41) is 2.78. The first-order chi connectivity index (χ1) is 17.3. The van der Waals surface area contributed by atoms with Crippen molar-refractivity contribution in [1.82, 2.24) is 9.80 Å². The summed E-state index contributed by atoms with van der Waals surface area (Å²) in [4.78, 5) is 44.4. The van der Waals surface area contributed by atoms with Gasteiger partial charge < -0.3 is 24.8 Å². The lowest BCUT2D eigenvalue weighted by molar-refractivity contribution is -0.132. The summed E-state index contributed by atoms with van der Waals surface area (Å²) in [5.74, 6) is -0.613. The fourth-order valence-corrected chi connectivity index (χ4v) is 4.51. The molecular formula is C27H33FN4O4. The van der Waals surface area contributed by atoms with Crippen molar-refractivity contribution >= 4 is 29.1 Å². The van der Waals surface area contributed by atoms with Crippen LogP contribution in [0.4, 0.5) is 15.8 Å². The molecule has 0 saturated carbocycles. The number of amides is 3. The highest BCUT2D eigenvalue weighted by Crippen LogP contribution is 2.28. The van der Waals surface area contributed by atoms with E-state index in [9.17, 15) is 18.8 Å². The first-order valence-corrected chi connectivity index (χ1v) is 12.4. The number of halogens is 1. The number of ether oxygens (including phenoxy) is 1. The normalized spacial score (nSPS) is 16.3. The van der Waals surface area contributed by atoms with Gasteiger partial charge in [-0.1, -0.05) is 19.9 Å². The van der Waals surface area contributed by atoms with Gasteiger partial charge in [-0.05, 0) is 42.3 Å². The molecule has 8 nitrogen and oxygen atoms in total. The SMILES string of the molecule is CC(C)CC(=O)N1CCN(c2ccc(NC(=O)c3cccc(F)c3)cc2C(=O)N2CCOCC2)CC1. The smallest absolute Gasteiger partial charge is 0.256 e. The Morgan fingerprint density at radius 3 is 2.33 bits per heavy atom. The maximum Gasteiger partial charge on any atom is 0.256 e. The van der Waals surface area contributed by atoms with Gasteiger partial charge in [0.2, 0.25) is 5.91 Å². The molecular weight excluding hydrogens is 463 g/mol. The molecule has 0 spiro atoms. The molecule has 3 amide bonds. The van der Waals surface area contributed by atoms with Crippen molar-refractivity contribution in [3.8, 4) is 0 Å². The molecule has 0 unspecified atom stereocenters. The van der Waals surface area contributed by atoms with Crippen molar-refractivity contribution < 1.29 is 23.5 Å². The summed E-state index contributed by atoms with van der Waals surface area (Å²) in [7, 11) is 0. The lowest BCUT2D eigenvalue weighted by Gasteiger charge is -2.38. The van der Waals surface area contributed by atoms with Gasteiger partial charge in [0.15, 0.2) is 0 Å². The number of carbonyl (C=O) groups is 3. The molecule has 192 valence electrons. The molecule has 0 radical (unpaired) electrons. The standard InChI is InChI=1S/C27H33FN4O4/c1-19(2)16-25(33)31-10-8-30(9-11-31)24-7-6-22(29-26(34)20-4-3-5-21(28)17-20)18-23(24)27(35)32-12-14-36-15-13-32/h3-7,17-19H,8-16H2,1-2H3,(H,29,34). The molecule has 0 aliphatic carbocycles. The number of hydrogen-bond donors (Lipinski definition) is 1. The fourth-order valence-electron chi connectivity index (χ4n) is 4.51. The Morgan fingerprint density at radius 1 is 0.944 bits per heavy atom. The summed E-state index contributed by atoms with van der Waals surface area (Å²) in [6.45, 7) is 8.43. The van der Waals surface area contributed by atoms with Crippen molar-refractivity contribution in [2.75, 3.05) is 62.7 Å². The number of nitrogens with zero attached hydrogens (tertiary/aromatic N) is 3. The van der Waals surface area contributed by atoms with E-state index in [0.29, 0.717) is 76.1 Å². The van der Waals surface area contributed by atoms with Gasteiger partial charge in [0.1, 0.15) is 5.82 Å². The van der Waals surface area contributed by atoms with Crippen LogP contribution in [0.1, 0.15) is 41.0 Å². The van der Waals surface area contributed by atoms with Crippen molar-refractivity contribution in [1.29, 1.82) is 0 Å². The quantitative estimate of drug-likeness (QED) is 0.664. The van der Waals surface area contributed by atoms with E-state index in [4.69, 9.17) is 4.74 Å². The van der Waals surface area contributed by atoms with Crippen LogP contribution in [-0.2, 0) is 9.53 Å². The zero-order chi connectivity index (χ0) is 25.7. The molecule has 2 fully saturated rings. The lowest BCUT2D eigenvalue weighted by Crippen LogP contribution is -2.49. The van der Waals surface area contributed by atoms with E-state index in [1.54, 1.807) is 17.0 Å². The Morgan fingerprint density at radius 2 is 1.67 bits per heavy atom. The number of rotatable bonds is 6. The Labute approximate surface area is 211 Å². The molecule has 2 aromatic carbocycles. The highest BCUT2D eigenvalue weighted by molar-refractivity contribution is 6.06. The number of morpholine rings is 1. The van der Waals surface area contributed by atoms with Gasteiger partial charge in [-0.3, -0.25) is 14.4 Å². The average molecular weight is 497 g/mol. The first kappa shape index (κ1) is 25.6. The highest BCUT2D eigenvalue weighted by Gasteiger charge is 2.27. The molecule has 0 atom stereocenters. The zero-order valence-electron chi connectivity index (χ0n) is 20.8. The average Bonchev–Trinajstić information content (AvgIpc) is 2.88. The second-order valence-corrected chi connectivity index (χ2v) is 9.57. The van der Waals surface area contributed by atoms with Crippen LogP contribution < -0.4 is 10.2 Å². The fraction of sp³-hybridized carbons (Fsp3) is 0.444. The van der Waals surface area contributed by atoms with Crippen LogP contribution >= 0.6 is 0 Å². The highest BCUT2D eigenvalue weighted by atomic mass is 19.1. The second kappa shape index (κ2) is 11.5. The zero-order valence-corrected chi connectivity index (χ0v) is 20.8. The number of nitrogens with one attached hydrogen (secondary N) is 1. The molecule has 1 N–H and O–H groups in total. The molecule has 2 aliphatic rings. The van der Waals surface area contributed by atoms with Crippen LogP contribution in [0, 0.1) is 11.7 Å². The number of benzene rings is 2. The van der Waals surface area contributed by atoms with Gasteiger partial charge in [0, 0.05) is 62.6 Å². The minimum Gasteiger partial charge on any atom is -0.378 e. The van der Waals surface area contributed by atoms with Crippen molar-refractivity contribution in [2.45, 2.75) is 20.3 Å². The Hall–Kier alpha value is -3.46. The minimum atomic E-state index is -0.493. The number of anilines is 2. The van der Waals surface area contributed by atoms with Crippen LogP contribution in [0.25, 0.3) is 0 Å². The third-order valence-corrected chi connectivity index (χ3v) is 6.43. The largest absolute Gasteiger partial charge is 0.378 e. The van der Waals surface area contributed by atoms with Gasteiger partial charge in [-0.2, -0.15) is 0 Å². The first-order valence-electron chi connectivity index (χ1n) is 12.4. The van der Waals surface area contributed by atoms with E-state index in [1.807, 2.05) is 24.8 Å². The second-order valence-electron chi connectivity index (χ2n) is 9.57. The summed E-state index contributed by atoms with van der Waals surface area (Å²) in [6.07, 6.45) is 0.528. The molecule has 36 heavy (non-hydrogen) atoms. The molecule has 2 aromatic rings. The minimum absolute atomic E-state index is 0.131. The summed E-state index contributed by atoms with van der Waals surface area (Å²) in [6, 6.07) is 10.7. The van der Waals surface area contributed by atoms with E-state index >= 15 is 0 Å². The molecule has 0 aromatic heterocycles. The third kappa shape index (κ3) is 6.20. The molecule has 2 saturated heterocycles. The number of piperazine rings is 1. The molecule has 0 bridgehead atoms. The van der Waals surface area contributed by atoms with Crippen molar-refractivity contribution in [3.63, 3.8) is 0 Å². The van der Waals surface area contributed by atoms with Gasteiger partial charge in [0.25, 0.3) is 11.8 Å². The van der Waals surface area contributed by atoms with Gasteiger partial charge in [-0.15, -0.1) is 0 Å². The van der Waals surface area contributed by atoms with E-state index in [2.05, 4.69) is 10.2 Å². The summed E-state index contributed by atoms with van der Waals surface area (Å²) in [5.41, 5.74) is 1.90. The van der Waals surface area contributed by atoms with E-state index in [-0.39, 0.29) is 17.4 Å². The Bertz CT molecular complexity index is 1110. The van der Waals surface area contributed by atoms with Crippen molar-refractivity contribution in [3.05, 3.63) is 59.4 Å². The molecule has 2 heterocycles. The van der Waals surface area contributed by atoms with Gasteiger partial charge in [0.05, 0.1) is 18.8 Å². The molecule has 4 rings (SSSR count).